The van der Waals surface area contributed by atoms with Gasteiger partial charge < -0.3 is 20.9 Å². The molecule has 13 nitrogen and oxygen atoms in total. The number of methoxy groups -OCH3 is 1. The monoisotopic (exact) mass is 483 g/mol. The maximum atomic E-state index is 12.9. The molecule has 1 aliphatic carbocycles. The molecule has 0 heterocycles. The van der Waals surface area contributed by atoms with Crippen LogP contribution in [0.2, 0.25) is 0 Å². The molecule has 0 aliphatic heterocycles. The summed E-state index contributed by atoms with van der Waals surface area (Å²) in [5.41, 5.74) is 6.65. The van der Waals surface area contributed by atoms with Crippen LogP contribution in [-0.2, 0) is 9.53 Å². The number of nitrogens with two attached hydrogens (primary N) is 1. The van der Waals surface area contributed by atoms with E-state index in [9.17, 15) is 34.4 Å². The van der Waals surface area contributed by atoms with E-state index in [1.54, 1.807) is 17.6 Å². The maximum absolute atomic E-state index is 12.9. The molecule has 5 N–H and O–H groups in total. The first kappa shape index (κ1) is 24.8. The lowest BCUT2D eigenvalue weighted by Crippen LogP contribution is -2.42. The summed E-state index contributed by atoms with van der Waals surface area (Å²) in [5.74, 6) is -3.83. The number of aromatic hydroxyl groups is 1. The third kappa shape index (κ3) is 5.24. The average Bonchev–Trinajstić information content (AvgIpc) is 2.83. The number of hydrogen-bond acceptors (Lipinski definition) is 9. The van der Waals surface area contributed by atoms with Gasteiger partial charge in [-0.15, -0.1) is 0 Å². The molecule has 0 unspecified atom stereocenters. The summed E-state index contributed by atoms with van der Waals surface area (Å²) in [6, 6.07) is 7.45. The molecule has 2 aromatic carbocycles. The number of nitro groups is 1. The highest BCUT2D eigenvalue weighted by atomic mass is 16.7. The number of benzene rings is 2. The van der Waals surface area contributed by atoms with Crippen LogP contribution in [0.5, 0.6) is 5.75 Å². The van der Waals surface area contributed by atoms with Crippen molar-refractivity contribution in [3.8, 4) is 5.75 Å². The van der Waals surface area contributed by atoms with Crippen LogP contribution in [0.15, 0.2) is 41.4 Å². The van der Waals surface area contributed by atoms with E-state index in [1.807, 2.05) is 0 Å². The van der Waals surface area contributed by atoms with Crippen molar-refractivity contribution in [2.75, 3.05) is 13.7 Å². The minimum Gasteiger partial charge on any atom is -0.506 e. The SMILES string of the molecule is COC(=O)[C@@H](CCCN=C(N)N[N+](=O)[O-])NC(=O)c1ccc2c(c1O)C(=O)c1ccccc1C2=O. The van der Waals surface area contributed by atoms with Crippen LogP contribution in [0, 0.1) is 10.1 Å². The van der Waals surface area contributed by atoms with Crippen molar-refractivity contribution >= 4 is 29.4 Å². The van der Waals surface area contributed by atoms with Gasteiger partial charge in [-0.25, -0.2) is 19.9 Å². The predicted molar refractivity (Wildman–Crippen MR) is 121 cm³/mol. The molecule has 2 aromatic rings. The van der Waals surface area contributed by atoms with E-state index < -0.39 is 46.2 Å². The van der Waals surface area contributed by atoms with Crippen LogP contribution in [0.4, 0.5) is 0 Å². The molecule has 182 valence electrons. The molecule has 0 spiro atoms. The van der Waals surface area contributed by atoms with Gasteiger partial charge in [-0.3, -0.25) is 14.4 Å². The van der Waals surface area contributed by atoms with Gasteiger partial charge >= 0.3 is 5.97 Å². The molecule has 0 saturated carbocycles. The molecule has 1 amide bonds. The molecule has 0 radical (unpaired) electrons. The summed E-state index contributed by atoms with van der Waals surface area (Å²) in [6.07, 6.45) is 0.226. The van der Waals surface area contributed by atoms with Crippen molar-refractivity contribution in [2.45, 2.75) is 18.9 Å². The third-order valence-corrected chi connectivity index (χ3v) is 5.24. The molecule has 0 saturated heterocycles. The second kappa shape index (κ2) is 10.4. The number of carbonyl (C=O) groups excluding carboxylic acids is 4. The zero-order valence-corrected chi connectivity index (χ0v) is 18.4. The van der Waals surface area contributed by atoms with E-state index in [1.165, 1.54) is 24.3 Å². The smallest absolute Gasteiger partial charge is 0.328 e. The molecule has 3 rings (SSSR count). The summed E-state index contributed by atoms with van der Waals surface area (Å²) < 4.78 is 4.69. The standard InChI is InChI=1S/C22H21N5O8/c1-35-21(32)15(7-4-10-24-22(23)26-27(33)34)25-20(31)14-9-8-13-16(19(14)30)18(29)12-6-3-2-5-11(12)17(13)28/h2-3,5-6,8-9,15,30H,4,7,10H2,1H3,(H,25,31)(H3,23,24,26)/t15-/m1/s1. The zero-order valence-electron chi connectivity index (χ0n) is 18.4. The number of hydrogen-bond donors (Lipinski definition) is 4. The Morgan fingerprint density at radius 2 is 1.80 bits per heavy atom. The van der Waals surface area contributed by atoms with Gasteiger partial charge in [-0.1, -0.05) is 29.7 Å². The van der Waals surface area contributed by atoms with Crippen LogP contribution >= 0.6 is 0 Å². The van der Waals surface area contributed by atoms with Gasteiger partial charge in [-0.05, 0) is 25.0 Å². The quantitative estimate of drug-likeness (QED) is 0.0862. The van der Waals surface area contributed by atoms with Gasteiger partial charge in [-0.2, -0.15) is 0 Å². The van der Waals surface area contributed by atoms with Crippen molar-refractivity contribution in [1.29, 1.82) is 0 Å². The molecule has 1 atom stereocenters. The number of aliphatic imine (C=N–C) groups is 1. The lowest BCUT2D eigenvalue weighted by atomic mass is 9.82. The number of fused-ring (bicyclic) bond motifs is 2. The van der Waals surface area contributed by atoms with Crippen LogP contribution in [-0.4, -0.2) is 59.2 Å². The number of ketones is 2. The number of phenolic OH excluding ortho intramolecular Hbond substituents is 1. The molecule has 0 fully saturated rings. The van der Waals surface area contributed by atoms with Crippen LogP contribution < -0.4 is 16.5 Å². The van der Waals surface area contributed by atoms with Gasteiger partial charge in [0.2, 0.25) is 0 Å². The normalized spacial score (nSPS) is 13.3. The van der Waals surface area contributed by atoms with Gasteiger partial charge in [0.15, 0.2) is 16.6 Å². The lowest BCUT2D eigenvalue weighted by molar-refractivity contribution is -0.525. The third-order valence-electron chi connectivity index (χ3n) is 5.24. The molecule has 35 heavy (non-hydrogen) atoms. The van der Waals surface area contributed by atoms with Gasteiger partial charge in [0.05, 0.1) is 18.2 Å². The number of hydrazine groups is 1. The van der Waals surface area contributed by atoms with Crippen molar-refractivity contribution in [1.82, 2.24) is 10.7 Å². The Morgan fingerprint density at radius 3 is 2.43 bits per heavy atom. The number of guanidine groups is 1. The number of phenols is 1. The summed E-state index contributed by atoms with van der Waals surface area (Å²) in [4.78, 5) is 64.7. The van der Waals surface area contributed by atoms with Gasteiger partial charge in [0, 0.05) is 23.2 Å². The molecule has 0 bridgehead atoms. The number of ether oxygens (including phenoxy) is 1. The van der Waals surface area contributed by atoms with Crippen LogP contribution in [0.25, 0.3) is 0 Å². The zero-order chi connectivity index (χ0) is 25.7. The minimum absolute atomic E-state index is 0.0101. The molecular formula is C22H21N5O8. The number of nitrogens with one attached hydrogen (secondary N) is 2. The Balaban J connectivity index is 1.79. The highest BCUT2D eigenvalue weighted by molar-refractivity contribution is 6.30. The Bertz CT molecular complexity index is 1260. The maximum Gasteiger partial charge on any atom is 0.328 e. The second-order valence-electron chi connectivity index (χ2n) is 7.42. The summed E-state index contributed by atoms with van der Waals surface area (Å²) in [5, 5.41) is 22.6. The summed E-state index contributed by atoms with van der Waals surface area (Å²) >= 11 is 0. The Hall–Kier alpha value is -4.81. The highest BCUT2D eigenvalue weighted by Crippen LogP contribution is 2.35. The van der Waals surface area contributed by atoms with Crippen molar-refractivity contribution in [3.05, 3.63) is 74.3 Å². The van der Waals surface area contributed by atoms with Crippen molar-refractivity contribution < 1.29 is 34.1 Å². The van der Waals surface area contributed by atoms with E-state index in [2.05, 4.69) is 10.3 Å². The van der Waals surface area contributed by atoms with Gasteiger partial charge in [0.25, 0.3) is 11.9 Å². The topological polar surface area (TPSA) is 203 Å². The number of carbonyl (C=O) groups is 4. The fraction of sp³-hybridized carbons (Fsp3) is 0.227. The Labute approximate surface area is 198 Å². The Morgan fingerprint density at radius 1 is 1.14 bits per heavy atom. The predicted octanol–water partition coefficient (Wildman–Crippen LogP) is 0.315. The van der Waals surface area contributed by atoms with E-state index in [-0.39, 0.29) is 47.2 Å². The summed E-state index contributed by atoms with van der Waals surface area (Å²) in [7, 11) is 1.12. The molecule has 13 heteroatoms. The van der Waals surface area contributed by atoms with Crippen molar-refractivity contribution in [3.63, 3.8) is 0 Å². The van der Waals surface area contributed by atoms with Gasteiger partial charge in [0.1, 0.15) is 11.8 Å². The number of nitrogens with zero attached hydrogens (tertiary/aromatic N) is 2. The minimum atomic E-state index is -1.15. The first-order valence-electron chi connectivity index (χ1n) is 10.3. The number of amides is 1. The molecule has 0 aromatic heterocycles. The Kier molecular flexibility index (Phi) is 7.39. The molecule has 1 aliphatic rings. The number of esters is 1. The van der Waals surface area contributed by atoms with E-state index in [0.717, 1.165) is 7.11 Å². The lowest BCUT2D eigenvalue weighted by Gasteiger charge is -2.21. The molecular weight excluding hydrogens is 462 g/mol. The van der Waals surface area contributed by atoms with E-state index >= 15 is 0 Å². The van der Waals surface area contributed by atoms with Crippen molar-refractivity contribution in [2.24, 2.45) is 10.7 Å². The fourth-order valence-corrected chi connectivity index (χ4v) is 3.60. The average molecular weight is 483 g/mol. The largest absolute Gasteiger partial charge is 0.506 e. The summed E-state index contributed by atoms with van der Waals surface area (Å²) in [6.45, 7) is 0.0101. The van der Waals surface area contributed by atoms with Crippen LogP contribution in [0.1, 0.15) is 55.0 Å². The first-order chi connectivity index (χ1) is 16.6. The first-order valence-corrected chi connectivity index (χ1v) is 10.3. The second-order valence-corrected chi connectivity index (χ2v) is 7.42. The van der Waals surface area contributed by atoms with E-state index in [0.29, 0.717) is 0 Å². The number of rotatable bonds is 8. The van der Waals surface area contributed by atoms with E-state index in [4.69, 9.17) is 10.5 Å². The fourth-order valence-electron chi connectivity index (χ4n) is 3.60. The highest BCUT2D eigenvalue weighted by Gasteiger charge is 2.34. The van der Waals surface area contributed by atoms with Crippen LogP contribution in [0.3, 0.4) is 0 Å².